The summed E-state index contributed by atoms with van der Waals surface area (Å²) in [5.74, 6) is 0.277. The van der Waals surface area contributed by atoms with Crippen LogP contribution in [-0.2, 0) is 4.79 Å². The minimum Gasteiger partial charge on any atom is -0.389 e. The van der Waals surface area contributed by atoms with Crippen LogP contribution in [0.2, 0.25) is 0 Å². The number of pyridine rings is 1. The van der Waals surface area contributed by atoms with Crippen molar-refractivity contribution in [2.75, 3.05) is 24.5 Å². The first-order valence-electron chi connectivity index (χ1n) is 12.8. The summed E-state index contributed by atoms with van der Waals surface area (Å²) in [6.45, 7) is 13.0. The lowest BCUT2D eigenvalue weighted by molar-refractivity contribution is -0.125. The van der Waals surface area contributed by atoms with Crippen LogP contribution in [0.15, 0.2) is 41.6 Å². The molecule has 7 heteroatoms. The second kappa shape index (κ2) is 10.2. The number of anilines is 1. The van der Waals surface area contributed by atoms with E-state index in [9.17, 15) is 9.90 Å². The van der Waals surface area contributed by atoms with Crippen LogP contribution in [0.25, 0.3) is 6.08 Å². The van der Waals surface area contributed by atoms with E-state index in [4.69, 9.17) is 10.2 Å². The lowest BCUT2D eigenvalue weighted by Crippen LogP contribution is -2.59. The van der Waals surface area contributed by atoms with E-state index in [1.807, 2.05) is 32.2 Å². The molecule has 35 heavy (non-hydrogen) atoms. The number of allylic oxidation sites excluding steroid dienone is 4. The average Bonchev–Trinajstić information content (AvgIpc) is 2.82. The normalized spacial score (nSPS) is 27.2. The van der Waals surface area contributed by atoms with E-state index in [-0.39, 0.29) is 0 Å². The summed E-state index contributed by atoms with van der Waals surface area (Å²) in [4.78, 5) is 21.4. The van der Waals surface area contributed by atoms with Crippen molar-refractivity contribution in [2.24, 2.45) is 5.92 Å². The number of hydrogen-bond acceptors (Lipinski definition) is 6. The molecule has 1 amide bonds. The number of nitrogens with one attached hydrogen (secondary N) is 1. The Kier molecular flexibility index (Phi) is 7.50. The van der Waals surface area contributed by atoms with E-state index in [0.29, 0.717) is 42.5 Å². The fourth-order valence-electron chi connectivity index (χ4n) is 5.75. The van der Waals surface area contributed by atoms with E-state index in [1.54, 1.807) is 5.48 Å². The third kappa shape index (κ3) is 5.85. The molecule has 4 atom stereocenters. The molecule has 190 valence electrons. The molecule has 3 aliphatic rings. The van der Waals surface area contributed by atoms with Gasteiger partial charge in [-0.1, -0.05) is 36.8 Å². The summed E-state index contributed by atoms with van der Waals surface area (Å²) >= 11 is 0. The zero-order chi connectivity index (χ0) is 25.3. The summed E-state index contributed by atoms with van der Waals surface area (Å²) < 4.78 is 0. The maximum absolute atomic E-state index is 11.6. The number of rotatable bonds is 6. The molecule has 0 aromatic carbocycles. The second-order valence-corrected chi connectivity index (χ2v) is 11.2. The molecular formula is C28H40N4O3. The first kappa shape index (κ1) is 25.6. The molecule has 1 aromatic rings. The first-order chi connectivity index (χ1) is 16.6. The maximum Gasteiger partial charge on any atom is 0.270 e. The van der Waals surface area contributed by atoms with Gasteiger partial charge in [-0.05, 0) is 64.5 Å². The Morgan fingerprint density at radius 2 is 1.89 bits per heavy atom. The van der Waals surface area contributed by atoms with Crippen molar-refractivity contribution in [3.63, 3.8) is 0 Å². The van der Waals surface area contributed by atoms with Gasteiger partial charge in [0.2, 0.25) is 0 Å². The van der Waals surface area contributed by atoms with Crippen LogP contribution < -0.4 is 10.4 Å². The van der Waals surface area contributed by atoms with Crippen LogP contribution in [-0.4, -0.2) is 63.4 Å². The van der Waals surface area contributed by atoms with Gasteiger partial charge >= 0.3 is 0 Å². The largest absolute Gasteiger partial charge is 0.389 e. The fraction of sp³-hybridized carbons (Fsp3) is 0.571. The topological polar surface area (TPSA) is 88.9 Å². The van der Waals surface area contributed by atoms with E-state index in [2.05, 4.69) is 48.8 Å². The third-order valence-electron chi connectivity index (χ3n) is 7.69. The SMILES string of the molecule is CC1c2ncc(N3CC(C)N(CC(C)(C)O)C(C)C3)cc2C=CC1CC1=CC=C(C(=O)NO)CC1. The van der Waals surface area contributed by atoms with E-state index >= 15 is 0 Å². The minimum atomic E-state index is -0.699. The summed E-state index contributed by atoms with van der Waals surface area (Å²) in [6, 6.07) is 2.97. The quantitative estimate of drug-likeness (QED) is 0.421. The monoisotopic (exact) mass is 480 g/mol. The Morgan fingerprint density at radius 1 is 1.17 bits per heavy atom. The van der Waals surface area contributed by atoms with Crippen molar-refractivity contribution >= 4 is 17.7 Å². The molecule has 1 fully saturated rings. The van der Waals surface area contributed by atoms with E-state index < -0.39 is 11.5 Å². The Morgan fingerprint density at radius 3 is 2.49 bits per heavy atom. The van der Waals surface area contributed by atoms with Gasteiger partial charge in [0, 0.05) is 43.2 Å². The molecule has 1 saturated heterocycles. The molecule has 0 saturated carbocycles. The molecule has 0 spiro atoms. The summed E-state index contributed by atoms with van der Waals surface area (Å²) in [6.07, 6.45) is 12.8. The fourth-order valence-corrected chi connectivity index (χ4v) is 5.75. The van der Waals surface area contributed by atoms with Gasteiger partial charge in [-0.2, -0.15) is 0 Å². The van der Waals surface area contributed by atoms with Crippen LogP contribution in [0.5, 0.6) is 0 Å². The van der Waals surface area contributed by atoms with Gasteiger partial charge in [-0.25, -0.2) is 5.48 Å². The molecule has 3 N–H and O–H groups in total. The van der Waals surface area contributed by atoms with Gasteiger partial charge in [-0.15, -0.1) is 0 Å². The van der Waals surface area contributed by atoms with Crippen molar-refractivity contribution in [1.29, 1.82) is 0 Å². The van der Waals surface area contributed by atoms with Crippen LogP contribution >= 0.6 is 0 Å². The highest BCUT2D eigenvalue weighted by atomic mass is 16.5. The molecule has 2 heterocycles. The smallest absolute Gasteiger partial charge is 0.270 e. The van der Waals surface area contributed by atoms with Crippen molar-refractivity contribution in [3.8, 4) is 0 Å². The number of hydroxylamine groups is 1. The summed E-state index contributed by atoms with van der Waals surface area (Å²) in [5.41, 5.74) is 6.48. The van der Waals surface area contributed by atoms with E-state index in [0.717, 1.165) is 37.3 Å². The predicted octanol–water partition coefficient (Wildman–Crippen LogP) is 4.04. The maximum atomic E-state index is 11.6. The highest BCUT2D eigenvalue weighted by Gasteiger charge is 2.33. The van der Waals surface area contributed by atoms with Crippen molar-refractivity contribution in [1.82, 2.24) is 15.4 Å². The Bertz CT molecular complexity index is 1030. The first-order valence-corrected chi connectivity index (χ1v) is 12.8. The Labute approximate surface area is 209 Å². The number of fused-ring (bicyclic) bond motifs is 1. The van der Waals surface area contributed by atoms with Gasteiger partial charge in [0.1, 0.15) is 0 Å². The van der Waals surface area contributed by atoms with Crippen molar-refractivity contribution < 1.29 is 15.1 Å². The number of nitrogens with zero attached hydrogens (tertiary/aromatic N) is 3. The van der Waals surface area contributed by atoms with Crippen molar-refractivity contribution in [3.05, 3.63) is 52.9 Å². The molecule has 4 unspecified atom stereocenters. The third-order valence-corrected chi connectivity index (χ3v) is 7.69. The molecule has 1 aliphatic heterocycles. The second-order valence-electron chi connectivity index (χ2n) is 11.2. The standard InChI is InChI=1S/C28H40N4O3/c1-18-15-31(16-19(2)32(18)17-28(4,5)34)25-13-24-11-10-23(20(3)26(24)29-14-25)12-21-6-8-22(9-7-21)27(33)30-35/h6,8,10-11,13-14,18-20,23,34-35H,7,9,12,15-17H2,1-5H3,(H,30,33). The number of aromatic nitrogens is 1. The van der Waals surface area contributed by atoms with Gasteiger partial charge in [0.15, 0.2) is 0 Å². The highest BCUT2D eigenvalue weighted by molar-refractivity contribution is 5.93. The Hall–Kier alpha value is -2.48. The molecule has 0 radical (unpaired) electrons. The molecular weight excluding hydrogens is 440 g/mol. The highest BCUT2D eigenvalue weighted by Crippen LogP contribution is 2.39. The molecule has 0 bridgehead atoms. The molecule has 2 aliphatic carbocycles. The molecule has 4 rings (SSSR count). The number of aliphatic hydroxyl groups is 1. The number of hydrogen-bond donors (Lipinski definition) is 3. The van der Waals surface area contributed by atoms with E-state index in [1.165, 1.54) is 11.1 Å². The van der Waals surface area contributed by atoms with Crippen LogP contribution in [0.4, 0.5) is 5.69 Å². The minimum absolute atomic E-state index is 0.317. The van der Waals surface area contributed by atoms with Gasteiger partial charge in [0.05, 0.1) is 23.2 Å². The lowest BCUT2D eigenvalue weighted by atomic mass is 9.78. The summed E-state index contributed by atoms with van der Waals surface area (Å²) in [7, 11) is 0. The number of β-amino-alcohol motifs (C(OH)–C–C–N with tert-alkyl or cyclic N) is 1. The number of carbonyl (C=O) groups excluding carboxylic acids is 1. The molecule has 1 aromatic heterocycles. The van der Waals surface area contributed by atoms with Gasteiger partial charge in [-0.3, -0.25) is 19.9 Å². The average molecular weight is 481 g/mol. The van der Waals surface area contributed by atoms with Crippen LogP contribution in [0.3, 0.4) is 0 Å². The molecule has 7 nitrogen and oxygen atoms in total. The zero-order valence-electron chi connectivity index (χ0n) is 21.7. The van der Waals surface area contributed by atoms with Gasteiger partial charge < -0.3 is 10.0 Å². The van der Waals surface area contributed by atoms with Crippen LogP contribution in [0, 0.1) is 5.92 Å². The predicted molar refractivity (Wildman–Crippen MR) is 139 cm³/mol. The van der Waals surface area contributed by atoms with Crippen molar-refractivity contribution in [2.45, 2.75) is 77.5 Å². The lowest BCUT2D eigenvalue weighted by Gasteiger charge is -2.47. The zero-order valence-corrected chi connectivity index (χ0v) is 21.7. The number of amides is 1. The summed E-state index contributed by atoms with van der Waals surface area (Å²) in [5, 5.41) is 19.1. The number of carbonyl (C=O) groups is 1. The van der Waals surface area contributed by atoms with Gasteiger partial charge in [0.25, 0.3) is 5.91 Å². The Balaban J connectivity index is 1.43. The van der Waals surface area contributed by atoms with Crippen LogP contribution in [0.1, 0.15) is 71.1 Å². The number of piperazine rings is 1.